The fourth-order valence-electron chi connectivity index (χ4n) is 5.30. The Kier molecular flexibility index (Phi) is 7.58. The van der Waals surface area contributed by atoms with Crippen LogP contribution in [0.1, 0.15) is 78.2 Å². The monoisotopic (exact) mass is 513 g/mol. The van der Waals surface area contributed by atoms with Crippen molar-refractivity contribution in [3.63, 3.8) is 0 Å². The van der Waals surface area contributed by atoms with Crippen molar-refractivity contribution in [3.05, 3.63) is 45.9 Å². The number of rotatable bonds is 5. The maximum absolute atomic E-state index is 15.2. The molecule has 1 unspecified atom stereocenters. The molecule has 1 atom stereocenters. The molecule has 2 heterocycles. The number of anilines is 1. The number of fused-ring (bicyclic) bond motifs is 1. The van der Waals surface area contributed by atoms with Gasteiger partial charge in [-0.15, -0.1) is 0 Å². The Bertz CT molecular complexity index is 1150. The van der Waals surface area contributed by atoms with Crippen LogP contribution < -0.4 is 15.0 Å². The van der Waals surface area contributed by atoms with E-state index >= 15 is 4.39 Å². The summed E-state index contributed by atoms with van der Waals surface area (Å²) in [5.74, 6) is 0.577. The van der Waals surface area contributed by atoms with Gasteiger partial charge in [0, 0.05) is 38.3 Å². The Balaban J connectivity index is 1.86. The van der Waals surface area contributed by atoms with Crippen LogP contribution in [0.15, 0.2) is 34.5 Å². The number of amides is 2. The van der Waals surface area contributed by atoms with Gasteiger partial charge in [-0.2, -0.15) is 0 Å². The van der Waals surface area contributed by atoms with Gasteiger partial charge in [-0.1, -0.05) is 12.5 Å². The van der Waals surface area contributed by atoms with Crippen molar-refractivity contribution in [2.45, 2.75) is 84.3 Å². The van der Waals surface area contributed by atoms with E-state index in [0.29, 0.717) is 30.0 Å². The average molecular weight is 514 g/mol. The van der Waals surface area contributed by atoms with E-state index in [-0.39, 0.29) is 30.6 Å². The summed E-state index contributed by atoms with van der Waals surface area (Å²) in [6, 6.07) is 2.99. The molecule has 2 amide bonds. The van der Waals surface area contributed by atoms with Gasteiger partial charge in [-0.25, -0.2) is 9.18 Å². The van der Waals surface area contributed by atoms with Crippen LogP contribution in [0.4, 0.5) is 14.9 Å². The third-order valence-electron chi connectivity index (χ3n) is 7.52. The Labute approximate surface area is 219 Å². The molecule has 0 radical (unpaired) electrons. The SMILES string of the molecule is CCC(C)=C1CC(=O)NCC2C1=C(N(C)c1cc(F)c(C3CC3)cc1OC)CCN2C(=O)OC(C)(C)C. The van der Waals surface area contributed by atoms with Gasteiger partial charge in [0.15, 0.2) is 0 Å². The molecule has 2 fully saturated rings. The highest BCUT2D eigenvalue weighted by Crippen LogP contribution is 2.46. The largest absolute Gasteiger partial charge is 0.495 e. The zero-order chi connectivity index (χ0) is 27.1. The van der Waals surface area contributed by atoms with Crippen molar-refractivity contribution in [1.29, 1.82) is 0 Å². The molecule has 0 aromatic heterocycles. The summed E-state index contributed by atoms with van der Waals surface area (Å²) in [5.41, 5.74) is 4.62. The molecule has 1 saturated heterocycles. The summed E-state index contributed by atoms with van der Waals surface area (Å²) in [5, 5.41) is 3.00. The highest BCUT2D eigenvalue weighted by molar-refractivity contribution is 5.83. The molecular formula is C29H40FN3O4. The van der Waals surface area contributed by atoms with Crippen molar-refractivity contribution < 1.29 is 23.5 Å². The van der Waals surface area contributed by atoms with Gasteiger partial charge in [0.05, 0.1) is 25.3 Å². The normalized spacial score (nSPS) is 21.7. The van der Waals surface area contributed by atoms with Crippen LogP contribution in [-0.4, -0.2) is 55.8 Å². The summed E-state index contributed by atoms with van der Waals surface area (Å²) in [7, 11) is 3.52. The van der Waals surface area contributed by atoms with Gasteiger partial charge >= 0.3 is 6.09 Å². The van der Waals surface area contributed by atoms with Crippen LogP contribution in [0.25, 0.3) is 0 Å². The molecule has 0 spiro atoms. The minimum absolute atomic E-state index is 0.0757. The number of hydrogen-bond acceptors (Lipinski definition) is 5. The van der Waals surface area contributed by atoms with Crippen molar-refractivity contribution >= 4 is 17.7 Å². The smallest absolute Gasteiger partial charge is 0.410 e. The number of nitrogens with zero attached hydrogens (tertiary/aromatic N) is 2. The van der Waals surface area contributed by atoms with Crippen LogP contribution in [0, 0.1) is 5.82 Å². The first kappa shape index (κ1) is 27.0. The van der Waals surface area contributed by atoms with Crippen molar-refractivity contribution in [3.8, 4) is 5.75 Å². The summed E-state index contributed by atoms with van der Waals surface area (Å²) in [4.78, 5) is 29.8. The molecule has 2 aliphatic heterocycles. The number of allylic oxidation sites excluding steroid dienone is 1. The Morgan fingerprint density at radius 1 is 1.27 bits per heavy atom. The second kappa shape index (κ2) is 10.4. The Hall–Kier alpha value is -3.03. The number of halogens is 1. The van der Waals surface area contributed by atoms with Gasteiger partial charge in [-0.3, -0.25) is 9.69 Å². The first-order valence-electron chi connectivity index (χ1n) is 13.2. The van der Waals surface area contributed by atoms with E-state index in [1.807, 2.05) is 45.7 Å². The minimum Gasteiger partial charge on any atom is -0.495 e. The Morgan fingerprint density at radius 2 is 1.97 bits per heavy atom. The molecule has 1 N–H and O–H groups in total. The van der Waals surface area contributed by atoms with E-state index in [1.54, 1.807) is 18.1 Å². The lowest BCUT2D eigenvalue weighted by molar-refractivity contribution is -0.120. The third-order valence-corrected chi connectivity index (χ3v) is 7.52. The maximum Gasteiger partial charge on any atom is 0.410 e. The fourth-order valence-corrected chi connectivity index (χ4v) is 5.30. The summed E-state index contributed by atoms with van der Waals surface area (Å²) >= 11 is 0. The van der Waals surface area contributed by atoms with Crippen LogP contribution in [0.2, 0.25) is 0 Å². The highest BCUT2D eigenvalue weighted by atomic mass is 19.1. The molecule has 37 heavy (non-hydrogen) atoms. The molecule has 1 aliphatic carbocycles. The van der Waals surface area contributed by atoms with Crippen LogP contribution in [0.3, 0.4) is 0 Å². The van der Waals surface area contributed by atoms with Crippen LogP contribution in [0.5, 0.6) is 5.75 Å². The van der Waals surface area contributed by atoms with E-state index < -0.39 is 17.7 Å². The van der Waals surface area contributed by atoms with E-state index in [0.717, 1.165) is 41.7 Å². The molecule has 8 heteroatoms. The molecule has 202 valence electrons. The maximum atomic E-state index is 15.2. The zero-order valence-corrected chi connectivity index (χ0v) is 23.2. The van der Waals surface area contributed by atoms with E-state index in [9.17, 15) is 9.59 Å². The first-order valence-corrected chi connectivity index (χ1v) is 13.2. The fraction of sp³-hybridized carbons (Fsp3) is 0.586. The lowest BCUT2D eigenvalue weighted by Gasteiger charge is -2.42. The van der Waals surface area contributed by atoms with Crippen molar-refractivity contribution in [2.75, 3.05) is 32.1 Å². The number of benzene rings is 1. The summed E-state index contributed by atoms with van der Waals surface area (Å²) in [6.45, 7) is 10.3. The Morgan fingerprint density at radius 3 is 2.57 bits per heavy atom. The summed E-state index contributed by atoms with van der Waals surface area (Å²) < 4.78 is 26.7. The van der Waals surface area contributed by atoms with Gasteiger partial charge in [0.1, 0.15) is 17.2 Å². The van der Waals surface area contributed by atoms with E-state index in [2.05, 4.69) is 12.2 Å². The average Bonchev–Trinajstić information content (AvgIpc) is 3.69. The molecule has 7 nitrogen and oxygen atoms in total. The number of methoxy groups -OCH3 is 1. The van der Waals surface area contributed by atoms with Crippen molar-refractivity contribution in [1.82, 2.24) is 10.2 Å². The van der Waals surface area contributed by atoms with E-state index in [1.165, 1.54) is 0 Å². The second-order valence-electron chi connectivity index (χ2n) is 11.3. The van der Waals surface area contributed by atoms with Gasteiger partial charge in [0.25, 0.3) is 0 Å². The molecular weight excluding hydrogens is 473 g/mol. The highest BCUT2D eigenvalue weighted by Gasteiger charge is 2.40. The standard InChI is InChI=1S/C29H40FN3O4/c1-8-17(2)19-14-26(34)31-16-24-27(19)22(11-12-33(24)28(35)37-29(3,4)5)32(6)23-15-21(30)20(18-9-10-18)13-25(23)36-7/h13,15,18,24H,8-12,14,16H2,1-7H3,(H,31,34). The molecule has 1 saturated carbocycles. The second-order valence-corrected chi connectivity index (χ2v) is 11.3. The quantitative estimate of drug-likeness (QED) is 0.550. The molecule has 1 aromatic rings. The molecule has 0 bridgehead atoms. The lowest BCUT2D eigenvalue weighted by atomic mass is 9.86. The molecule has 4 rings (SSSR count). The number of carbonyl (C=O) groups is 2. The number of hydrogen-bond donors (Lipinski definition) is 1. The lowest BCUT2D eigenvalue weighted by Crippen LogP contribution is -2.52. The van der Waals surface area contributed by atoms with Gasteiger partial charge in [0.2, 0.25) is 5.91 Å². The predicted molar refractivity (Wildman–Crippen MR) is 142 cm³/mol. The number of nitrogens with one attached hydrogen (secondary N) is 1. The number of ether oxygens (including phenoxy) is 2. The summed E-state index contributed by atoms with van der Waals surface area (Å²) in [6.07, 6.45) is 3.13. The predicted octanol–water partition coefficient (Wildman–Crippen LogP) is 5.66. The number of carbonyl (C=O) groups excluding carboxylic acids is 2. The van der Waals surface area contributed by atoms with Crippen molar-refractivity contribution in [2.24, 2.45) is 0 Å². The van der Waals surface area contributed by atoms with E-state index in [4.69, 9.17) is 9.47 Å². The van der Waals surface area contributed by atoms with Gasteiger partial charge in [-0.05, 0) is 75.7 Å². The molecule has 1 aromatic carbocycles. The van der Waals surface area contributed by atoms with Crippen LogP contribution in [-0.2, 0) is 9.53 Å². The minimum atomic E-state index is -0.641. The first-order chi connectivity index (χ1) is 17.4. The van der Waals surface area contributed by atoms with Crippen LogP contribution >= 0.6 is 0 Å². The third kappa shape index (κ3) is 5.63. The zero-order valence-electron chi connectivity index (χ0n) is 23.2. The van der Waals surface area contributed by atoms with Gasteiger partial charge < -0.3 is 19.7 Å². The topological polar surface area (TPSA) is 71.1 Å². The molecule has 3 aliphatic rings.